The lowest BCUT2D eigenvalue weighted by atomic mass is 9.97. The number of benzene rings is 8. The van der Waals surface area contributed by atoms with Crippen molar-refractivity contribution in [3.8, 4) is 51.0 Å². The van der Waals surface area contributed by atoms with Crippen molar-refractivity contribution in [3.05, 3.63) is 182 Å². The van der Waals surface area contributed by atoms with E-state index in [4.69, 9.17) is 15.0 Å². The Morgan fingerprint density at radius 3 is 1.74 bits per heavy atom. The molecule has 0 spiro atoms. The van der Waals surface area contributed by atoms with E-state index in [0.29, 0.717) is 17.5 Å². The van der Waals surface area contributed by atoms with Crippen molar-refractivity contribution in [2.45, 2.75) is 0 Å². The van der Waals surface area contributed by atoms with E-state index in [0.717, 1.165) is 27.1 Å². The molecule has 0 bridgehead atoms. The van der Waals surface area contributed by atoms with Crippen LogP contribution in [-0.2, 0) is 0 Å². The van der Waals surface area contributed by atoms with Crippen LogP contribution in [0.4, 0.5) is 0 Å². The quantitative estimate of drug-likeness (QED) is 0.175. The Labute approximate surface area is 335 Å². The standard InChI is InChI=1S/C51H30N4S2/c1-4-14-31(15-5-1)49-52-50(32-16-6-2-7-17-32)54-51(53-49)38-23-12-22-37-47-35(21-13-25-45(47)57-48(37)38)33-26-27-42-39(28-33)40-29-41-36-20-10-11-24-44(36)56-46(41)30-43(40)55(42)34-18-8-3-9-19-34/h1-30H. The lowest BCUT2D eigenvalue weighted by molar-refractivity contribution is 1.08. The van der Waals surface area contributed by atoms with Crippen LogP contribution in [0.3, 0.4) is 0 Å². The highest BCUT2D eigenvalue weighted by atomic mass is 32.1. The second-order valence-corrected chi connectivity index (χ2v) is 16.5. The number of rotatable bonds is 5. The number of hydrogen-bond donors (Lipinski definition) is 0. The molecule has 0 aliphatic heterocycles. The molecule has 6 heteroatoms. The largest absolute Gasteiger partial charge is 0.309 e. The Morgan fingerprint density at radius 1 is 0.351 bits per heavy atom. The van der Waals surface area contributed by atoms with Gasteiger partial charge >= 0.3 is 0 Å². The minimum atomic E-state index is 0.661. The van der Waals surface area contributed by atoms with Gasteiger partial charge in [-0.05, 0) is 65.7 Å². The van der Waals surface area contributed by atoms with E-state index in [-0.39, 0.29) is 0 Å². The van der Waals surface area contributed by atoms with Gasteiger partial charge in [-0.15, -0.1) is 22.7 Å². The SMILES string of the molecule is c1ccc(-c2nc(-c3ccccc3)nc(-c3cccc4c3sc3cccc(-c5ccc6c(c5)c5cc7c(cc5n6-c5ccccc5)sc5ccccc57)c34)n2)cc1. The highest BCUT2D eigenvalue weighted by Crippen LogP contribution is 2.46. The van der Waals surface area contributed by atoms with Crippen LogP contribution in [0.2, 0.25) is 0 Å². The highest BCUT2D eigenvalue weighted by Gasteiger charge is 2.20. The lowest BCUT2D eigenvalue weighted by Crippen LogP contribution is -2.00. The number of fused-ring (bicyclic) bond motifs is 9. The van der Waals surface area contributed by atoms with Gasteiger partial charge in [-0.2, -0.15) is 0 Å². The van der Waals surface area contributed by atoms with Crippen LogP contribution < -0.4 is 0 Å². The minimum absolute atomic E-state index is 0.661. The molecule has 0 aliphatic rings. The van der Waals surface area contributed by atoms with Gasteiger partial charge < -0.3 is 4.57 Å². The number of nitrogens with zero attached hydrogens (tertiary/aromatic N) is 4. The molecule has 266 valence electrons. The van der Waals surface area contributed by atoms with Crippen molar-refractivity contribution in [1.29, 1.82) is 0 Å². The molecule has 0 saturated heterocycles. The number of aromatic nitrogens is 4. The third kappa shape index (κ3) is 5.15. The predicted molar refractivity (Wildman–Crippen MR) is 242 cm³/mol. The van der Waals surface area contributed by atoms with Gasteiger partial charge in [0, 0.05) is 73.5 Å². The molecule has 0 atom stereocenters. The molecule has 0 radical (unpaired) electrons. The second kappa shape index (κ2) is 12.8. The summed E-state index contributed by atoms with van der Waals surface area (Å²) < 4.78 is 7.44. The van der Waals surface area contributed by atoms with Crippen molar-refractivity contribution in [2.24, 2.45) is 0 Å². The fourth-order valence-electron chi connectivity index (χ4n) is 8.45. The van der Waals surface area contributed by atoms with Gasteiger partial charge in [-0.1, -0.05) is 127 Å². The average molecular weight is 763 g/mol. The maximum Gasteiger partial charge on any atom is 0.165 e. The van der Waals surface area contributed by atoms with Crippen LogP contribution in [0.25, 0.3) is 113 Å². The van der Waals surface area contributed by atoms with Crippen LogP contribution in [0.1, 0.15) is 0 Å². The van der Waals surface area contributed by atoms with Crippen molar-refractivity contribution >= 4 is 84.8 Å². The Balaban J connectivity index is 1.08. The van der Waals surface area contributed by atoms with Crippen LogP contribution in [0, 0.1) is 0 Å². The van der Waals surface area contributed by atoms with Gasteiger partial charge in [0.25, 0.3) is 0 Å². The van der Waals surface area contributed by atoms with E-state index in [1.165, 1.54) is 68.6 Å². The van der Waals surface area contributed by atoms with Gasteiger partial charge in [0.2, 0.25) is 0 Å². The van der Waals surface area contributed by atoms with E-state index in [9.17, 15) is 0 Å². The molecular weight excluding hydrogens is 733 g/mol. The summed E-state index contributed by atoms with van der Waals surface area (Å²) in [7, 11) is 0. The fourth-order valence-corrected chi connectivity index (χ4v) is 10.8. The van der Waals surface area contributed by atoms with Crippen LogP contribution in [0.5, 0.6) is 0 Å². The molecule has 4 nitrogen and oxygen atoms in total. The van der Waals surface area contributed by atoms with Crippen LogP contribution in [0.15, 0.2) is 182 Å². The van der Waals surface area contributed by atoms with E-state index in [2.05, 4.69) is 150 Å². The van der Waals surface area contributed by atoms with Crippen molar-refractivity contribution < 1.29 is 0 Å². The average Bonchev–Trinajstić information content (AvgIpc) is 3.95. The maximum atomic E-state index is 5.11. The van der Waals surface area contributed by atoms with Gasteiger partial charge in [0.1, 0.15) is 0 Å². The Hall–Kier alpha value is -6.99. The number of hydrogen-bond acceptors (Lipinski definition) is 5. The Kier molecular flexibility index (Phi) is 7.24. The molecule has 0 unspecified atom stereocenters. The first-order chi connectivity index (χ1) is 28.2. The zero-order chi connectivity index (χ0) is 37.5. The molecule has 12 aromatic rings. The minimum Gasteiger partial charge on any atom is -0.309 e. The zero-order valence-electron chi connectivity index (χ0n) is 30.4. The summed E-state index contributed by atoms with van der Waals surface area (Å²) in [4.78, 5) is 15.2. The van der Waals surface area contributed by atoms with Crippen LogP contribution >= 0.6 is 22.7 Å². The smallest absolute Gasteiger partial charge is 0.165 e. The topological polar surface area (TPSA) is 43.6 Å². The molecule has 4 aromatic heterocycles. The Bertz CT molecular complexity index is 3450. The normalized spacial score (nSPS) is 11.9. The molecule has 8 aromatic carbocycles. The highest BCUT2D eigenvalue weighted by molar-refractivity contribution is 7.26. The van der Waals surface area contributed by atoms with Gasteiger partial charge in [0.05, 0.1) is 11.0 Å². The predicted octanol–water partition coefficient (Wildman–Crippen LogP) is 14.4. The first kappa shape index (κ1) is 32.3. The summed E-state index contributed by atoms with van der Waals surface area (Å²) in [5, 5.41) is 7.57. The molecule has 12 rings (SSSR count). The molecule has 0 N–H and O–H groups in total. The van der Waals surface area contributed by atoms with Gasteiger partial charge in [-0.25, -0.2) is 15.0 Å². The second-order valence-electron chi connectivity index (χ2n) is 14.4. The third-order valence-corrected chi connectivity index (χ3v) is 13.4. The van der Waals surface area contributed by atoms with E-state index in [1.54, 1.807) is 11.3 Å². The van der Waals surface area contributed by atoms with E-state index < -0.39 is 0 Å². The summed E-state index contributed by atoms with van der Waals surface area (Å²) >= 11 is 3.67. The summed E-state index contributed by atoms with van der Waals surface area (Å²) in [6.07, 6.45) is 0. The summed E-state index contributed by atoms with van der Waals surface area (Å²) in [5.41, 5.74) is 8.91. The maximum absolute atomic E-state index is 5.11. The molecule has 0 aliphatic carbocycles. The molecular formula is C51H30N4S2. The lowest BCUT2D eigenvalue weighted by Gasteiger charge is -2.10. The van der Waals surface area contributed by atoms with E-state index in [1.807, 2.05) is 47.7 Å². The monoisotopic (exact) mass is 762 g/mol. The van der Waals surface area contributed by atoms with E-state index >= 15 is 0 Å². The molecule has 0 saturated carbocycles. The van der Waals surface area contributed by atoms with Gasteiger partial charge in [0.15, 0.2) is 17.5 Å². The molecule has 0 fully saturated rings. The summed E-state index contributed by atoms with van der Waals surface area (Å²) in [5.74, 6) is 1.99. The number of para-hydroxylation sites is 1. The third-order valence-electron chi connectivity index (χ3n) is 11.1. The van der Waals surface area contributed by atoms with Crippen molar-refractivity contribution in [1.82, 2.24) is 19.5 Å². The summed E-state index contributed by atoms with van der Waals surface area (Å²) in [6.45, 7) is 0. The Morgan fingerprint density at radius 2 is 0.965 bits per heavy atom. The fraction of sp³-hybridized carbons (Fsp3) is 0. The van der Waals surface area contributed by atoms with Crippen LogP contribution in [-0.4, -0.2) is 19.5 Å². The first-order valence-electron chi connectivity index (χ1n) is 19.0. The number of thiophene rings is 2. The van der Waals surface area contributed by atoms with Crippen molar-refractivity contribution in [2.75, 3.05) is 0 Å². The van der Waals surface area contributed by atoms with Gasteiger partial charge in [-0.3, -0.25) is 0 Å². The molecule has 0 amide bonds. The van der Waals surface area contributed by atoms with Crippen molar-refractivity contribution in [3.63, 3.8) is 0 Å². The zero-order valence-corrected chi connectivity index (χ0v) is 32.1. The molecule has 4 heterocycles. The summed E-state index contributed by atoms with van der Waals surface area (Å²) in [6, 6.07) is 64.9. The first-order valence-corrected chi connectivity index (χ1v) is 20.7. The molecule has 57 heavy (non-hydrogen) atoms.